The van der Waals surface area contributed by atoms with E-state index >= 15 is 0 Å². The molecule has 0 aliphatic carbocycles. The van der Waals surface area contributed by atoms with Crippen LogP contribution in [0.2, 0.25) is 0 Å². The van der Waals surface area contributed by atoms with Crippen molar-refractivity contribution in [3.63, 3.8) is 0 Å². The molecule has 4 rings (SSSR count). The summed E-state index contributed by atoms with van der Waals surface area (Å²) in [5.41, 5.74) is 9.74. The summed E-state index contributed by atoms with van der Waals surface area (Å²) in [5.74, 6) is 0. The standard InChI is InChI=1S/C27H30N4S/c1-19-7-9-24(10-8-19)29-12-13-31(17-23-6-5-11-28-16-23)27-30-25(18-32-27)26-21(3)14-20(2)15-22(26)4/h5-11,14-16,18,29H,12-13,17H2,1-4H3. The second-order valence-electron chi connectivity index (χ2n) is 8.36. The monoisotopic (exact) mass is 442 g/mol. The number of rotatable bonds is 8. The molecule has 2 heterocycles. The number of thiazole rings is 1. The highest BCUT2D eigenvalue weighted by atomic mass is 32.1. The Hall–Kier alpha value is -3.18. The van der Waals surface area contributed by atoms with E-state index in [-0.39, 0.29) is 0 Å². The summed E-state index contributed by atoms with van der Waals surface area (Å²) in [6, 6.07) is 17.1. The predicted octanol–water partition coefficient (Wildman–Crippen LogP) is 6.56. The Morgan fingerprint density at radius 2 is 1.69 bits per heavy atom. The van der Waals surface area contributed by atoms with Gasteiger partial charge in [-0.05, 0) is 62.6 Å². The third-order valence-electron chi connectivity index (χ3n) is 5.55. The van der Waals surface area contributed by atoms with Crippen LogP contribution in [0, 0.1) is 27.7 Å². The first kappa shape index (κ1) is 22.0. The maximum absolute atomic E-state index is 5.06. The predicted molar refractivity (Wildman–Crippen MR) is 137 cm³/mol. The Kier molecular flexibility index (Phi) is 6.86. The Labute approximate surface area is 195 Å². The van der Waals surface area contributed by atoms with Crippen LogP contribution in [0.5, 0.6) is 0 Å². The smallest absolute Gasteiger partial charge is 0.186 e. The van der Waals surface area contributed by atoms with Crippen LogP contribution in [0.25, 0.3) is 11.3 Å². The van der Waals surface area contributed by atoms with E-state index in [2.05, 4.69) is 90.7 Å². The van der Waals surface area contributed by atoms with Crippen LogP contribution in [0.15, 0.2) is 66.3 Å². The first-order valence-corrected chi connectivity index (χ1v) is 11.9. The molecule has 0 unspecified atom stereocenters. The molecule has 4 aromatic rings. The molecule has 2 aromatic heterocycles. The van der Waals surface area contributed by atoms with Crippen molar-refractivity contribution in [3.05, 3.63) is 94.1 Å². The lowest BCUT2D eigenvalue weighted by Gasteiger charge is -2.22. The lowest BCUT2D eigenvalue weighted by Crippen LogP contribution is -2.28. The van der Waals surface area contributed by atoms with Gasteiger partial charge in [0, 0.05) is 48.7 Å². The topological polar surface area (TPSA) is 41.0 Å². The number of hydrogen-bond acceptors (Lipinski definition) is 5. The van der Waals surface area contributed by atoms with Crippen LogP contribution in [0.3, 0.4) is 0 Å². The molecule has 0 fully saturated rings. The van der Waals surface area contributed by atoms with Crippen LogP contribution in [-0.4, -0.2) is 23.1 Å². The summed E-state index contributed by atoms with van der Waals surface area (Å²) in [7, 11) is 0. The summed E-state index contributed by atoms with van der Waals surface area (Å²) in [6.45, 7) is 11.1. The Balaban J connectivity index is 1.55. The number of hydrogen-bond donors (Lipinski definition) is 1. The van der Waals surface area contributed by atoms with Gasteiger partial charge >= 0.3 is 0 Å². The van der Waals surface area contributed by atoms with Gasteiger partial charge in [0.05, 0.1) is 5.69 Å². The number of aryl methyl sites for hydroxylation is 4. The SMILES string of the molecule is Cc1ccc(NCCN(Cc2cccnc2)c2nc(-c3c(C)cc(C)cc3C)cs2)cc1. The minimum atomic E-state index is 0.780. The third kappa shape index (κ3) is 5.35. The highest BCUT2D eigenvalue weighted by Gasteiger charge is 2.15. The van der Waals surface area contributed by atoms with Gasteiger partial charge in [0.15, 0.2) is 5.13 Å². The second-order valence-corrected chi connectivity index (χ2v) is 9.20. The van der Waals surface area contributed by atoms with Crippen LogP contribution < -0.4 is 10.2 Å². The number of nitrogens with one attached hydrogen (secondary N) is 1. The fraction of sp³-hybridized carbons (Fsp3) is 0.259. The maximum Gasteiger partial charge on any atom is 0.186 e. The number of aromatic nitrogens is 2. The summed E-state index contributed by atoms with van der Waals surface area (Å²) in [6.07, 6.45) is 3.75. The quantitative estimate of drug-likeness (QED) is 0.336. The molecule has 0 aliphatic heterocycles. The zero-order chi connectivity index (χ0) is 22.5. The van der Waals surface area contributed by atoms with Gasteiger partial charge in [-0.3, -0.25) is 4.98 Å². The molecule has 0 radical (unpaired) electrons. The zero-order valence-corrected chi connectivity index (χ0v) is 20.0. The fourth-order valence-electron chi connectivity index (χ4n) is 4.07. The summed E-state index contributed by atoms with van der Waals surface area (Å²) < 4.78 is 0. The molecule has 0 spiro atoms. The van der Waals surface area contributed by atoms with Crippen molar-refractivity contribution in [2.45, 2.75) is 34.2 Å². The molecule has 2 aromatic carbocycles. The Bertz CT molecular complexity index is 1140. The molecular weight excluding hydrogens is 412 g/mol. The first-order chi connectivity index (χ1) is 15.5. The van der Waals surface area contributed by atoms with Crippen molar-refractivity contribution < 1.29 is 0 Å². The van der Waals surface area contributed by atoms with Gasteiger partial charge in [0.25, 0.3) is 0 Å². The third-order valence-corrected chi connectivity index (χ3v) is 6.46. The molecule has 0 amide bonds. The van der Waals surface area contributed by atoms with Crippen molar-refractivity contribution in [2.75, 3.05) is 23.3 Å². The van der Waals surface area contributed by atoms with E-state index in [1.807, 2.05) is 18.5 Å². The van der Waals surface area contributed by atoms with Crippen molar-refractivity contribution in [2.24, 2.45) is 0 Å². The first-order valence-electron chi connectivity index (χ1n) is 11.0. The summed E-state index contributed by atoms with van der Waals surface area (Å²) >= 11 is 1.71. The highest BCUT2D eigenvalue weighted by molar-refractivity contribution is 7.14. The van der Waals surface area contributed by atoms with E-state index in [9.17, 15) is 0 Å². The average Bonchev–Trinajstić information content (AvgIpc) is 3.24. The van der Waals surface area contributed by atoms with Crippen LogP contribution >= 0.6 is 11.3 Å². The van der Waals surface area contributed by atoms with Crippen molar-refractivity contribution in [3.8, 4) is 11.3 Å². The van der Waals surface area contributed by atoms with Gasteiger partial charge in [0.2, 0.25) is 0 Å². The lowest BCUT2D eigenvalue weighted by molar-refractivity contribution is 0.798. The maximum atomic E-state index is 5.06. The van der Waals surface area contributed by atoms with Gasteiger partial charge in [-0.25, -0.2) is 4.98 Å². The molecule has 164 valence electrons. The van der Waals surface area contributed by atoms with E-state index in [1.165, 1.54) is 33.4 Å². The largest absolute Gasteiger partial charge is 0.383 e. The van der Waals surface area contributed by atoms with E-state index in [1.54, 1.807) is 11.3 Å². The van der Waals surface area contributed by atoms with E-state index in [0.717, 1.165) is 36.1 Å². The molecule has 0 saturated carbocycles. The van der Waals surface area contributed by atoms with Crippen molar-refractivity contribution in [1.82, 2.24) is 9.97 Å². The van der Waals surface area contributed by atoms with Crippen LogP contribution in [0.4, 0.5) is 10.8 Å². The fourth-order valence-corrected chi connectivity index (χ4v) is 4.91. The highest BCUT2D eigenvalue weighted by Crippen LogP contribution is 2.33. The molecule has 0 bridgehead atoms. The molecule has 0 aliphatic rings. The van der Waals surface area contributed by atoms with Crippen molar-refractivity contribution in [1.29, 1.82) is 0 Å². The van der Waals surface area contributed by atoms with Gasteiger partial charge < -0.3 is 10.2 Å². The normalized spacial score (nSPS) is 10.9. The number of pyridine rings is 1. The molecule has 5 heteroatoms. The molecule has 1 N–H and O–H groups in total. The number of anilines is 2. The minimum Gasteiger partial charge on any atom is -0.383 e. The number of benzene rings is 2. The molecular formula is C27H30N4S. The molecule has 0 atom stereocenters. The van der Waals surface area contributed by atoms with E-state index in [4.69, 9.17) is 4.98 Å². The molecule has 0 saturated heterocycles. The van der Waals surface area contributed by atoms with Gasteiger partial charge in [-0.15, -0.1) is 11.3 Å². The van der Waals surface area contributed by atoms with Crippen molar-refractivity contribution >= 4 is 22.2 Å². The van der Waals surface area contributed by atoms with Gasteiger partial charge in [-0.1, -0.05) is 41.5 Å². The Morgan fingerprint density at radius 3 is 2.38 bits per heavy atom. The zero-order valence-electron chi connectivity index (χ0n) is 19.2. The molecule has 4 nitrogen and oxygen atoms in total. The van der Waals surface area contributed by atoms with Gasteiger partial charge in [0.1, 0.15) is 0 Å². The minimum absolute atomic E-state index is 0.780. The summed E-state index contributed by atoms with van der Waals surface area (Å²) in [4.78, 5) is 11.7. The number of nitrogens with zero attached hydrogens (tertiary/aromatic N) is 3. The lowest BCUT2D eigenvalue weighted by atomic mass is 9.98. The van der Waals surface area contributed by atoms with Crippen LogP contribution in [0.1, 0.15) is 27.8 Å². The van der Waals surface area contributed by atoms with E-state index < -0.39 is 0 Å². The summed E-state index contributed by atoms with van der Waals surface area (Å²) in [5, 5.41) is 6.76. The van der Waals surface area contributed by atoms with Gasteiger partial charge in [-0.2, -0.15) is 0 Å². The van der Waals surface area contributed by atoms with E-state index in [0.29, 0.717) is 0 Å². The average molecular weight is 443 g/mol. The Morgan fingerprint density at radius 1 is 0.938 bits per heavy atom. The molecule has 32 heavy (non-hydrogen) atoms. The van der Waals surface area contributed by atoms with Crippen LogP contribution in [-0.2, 0) is 6.54 Å². The second kappa shape index (κ2) is 9.96.